The summed E-state index contributed by atoms with van der Waals surface area (Å²) in [5.74, 6) is 0. The van der Waals surface area contributed by atoms with Crippen LogP contribution in [0.5, 0.6) is 0 Å². The Hall–Kier alpha value is -0.120. The molecule has 1 heterocycles. The van der Waals surface area contributed by atoms with E-state index in [1.807, 2.05) is 0 Å². The number of likely N-dealkylation sites (N-methyl/N-ethyl adjacent to an activating group) is 1. The Kier molecular flexibility index (Phi) is 5.75. The number of nitrogens with zero attached hydrogens (tertiary/aromatic N) is 1. The summed E-state index contributed by atoms with van der Waals surface area (Å²) in [5, 5.41) is 3.54. The van der Waals surface area contributed by atoms with Crippen LogP contribution in [0, 0.1) is 0 Å². The van der Waals surface area contributed by atoms with Crippen LogP contribution in [-0.4, -0.2) is 43.4 Å². The molecule has 1 saturated carbocycles. The minimum Gasteiger partial charge on any atom is -0.365 e. The van der Waals surface area contributed by atoms with Crippen molar-refractivity contribution >= 4 is 0 Å². The van der Waals surface area contributed by atoms with Crippen molar-refractivity contribution in [3.05, 3.63) is 0 Å². The van der Waals surface area contributed by atoms with Crippen molar-refractivity contribution in [2.45, 2.75) is 64.0 Å². The van der Waals surface area contributed by atoms with Crippen molar-refractivity contribution < 1.29 is 6.16 Å². The van der Waals surface area contributed by atoms with Crippen LogP contribution in [0.2, 0.25) is 0 Å². The van der Waals surface area contributed by atoms with Crippen LogP contribution in [0.15, 0.2) is 0 Å². The maximum absolute atomic E-state index is 5.80. The summed E-state index contributed by atoms with van der Waals surface area (Å²) in [4.78, 5) is 2.54. The molecule has 0 aromatic rings. The first-order chi connectivity index (χ1) is 8.40. The van der Waals surface area contributed by atoms with Gasteiger partial charge in [-0.2, -0.15) is 0 Å². The number of nitrogens with one attached hydrogen (secondary N) is 1. The molecule has 0 amide bonds. The topological polar surface area (TPSA) is 24.5 Å². The Morgan fingerprint density at radius 3 is 2.76 bits per heavy atom. The van der Waals surface area contributed by atoms with E-state index >= 15 is 0 Å². The van der Waals surface area contributed by atoms with E-state index in [-0.39, 0.29) is 1.43 Å². The molecule has 1 aliphatic heterocycles. The first-order valence-electron chi connectivity index (χ1n) is 7.45. The maximum Gasteiger partial charge on any atom is 0.0968 e. The summed E-state index contributed by atoms with van der Waals surface area (Å²) in [7, 11) is 0. The second-order valence-corrected chi connectivity index (χ2v) is 5.48. The average Bonchev–Trinajstić information content (AvgIpc) is 2.83. The van der Waals surface area contributed by atoms with Gasteiger partial charge in [-0.15, -0.1) is 0 Å². The summed E-state index contributed by atoms with van der Waals surface area (Å²) in [6.07, 6.45) is 9.55. The molecule has 2 rings (SSSR count). The highest BCUT2D eigenvalue weighted by atomic mass is 16.5. The van der Waals surface area contributed by atoms with Crippen molar-refractivity contribution in [2.24, 2.45) is 0 Å². The molecule has 0 aromatic heterocycles. The van der Waals surface area contributed by atoms with Crippen molar-refractivity contribution in [2.75, 3.05) is 26.4 Å². The van der Waals surface area contributed by atoms with Gasteiger partial charge in [-0.1, -0.05) is 26.2 Å². The molecule has 102 valence electrons. The normalized spacial score (nSPS) is 27.7. The fraction of sp³-hybridized carbons (Fsp3) is 1.00. The predicted octanol–water partition coefficient (Wildman–Crippen LogP) is 2.61. The van der Waals surface area contributed by atoms with E-state index in [2.05, 4.69) is 17.1 Å². The predicted molar refractivity (Wildman–Crippen MR) is 73.2 cm³/mol. The highest BCUT2D eigenvalue weighted by Gasteiger charge is 2.22. The molecule has 1 saturated heterocycles. The van der Waals surface area contributed by atoms with Gasteiger partial charge in [0.05, 0.1) is 13.3 Å². The van der Waals surface area contributed by atoms with Gasteiger partial charge in [-0.25, -0.2) is 0 Å². The van der Waals surface area contributed by atoms with Gasteiger partial charge in [0.2, 0.25) is 0 Å². The Morgan fingerprint density at radius 1 is 1.18 bits per heavy atom. The molecule has 0 spiro atoms. The quantitative estimate of drug-likeness (QED) is 0.572. The highest BCUT2D eigenvalue weighted by Crippen LogP contribution is 2.18. The smallest absolute Gasteiger partial charge is 0.0968 e. The Morgan fingerprint density at radius 2 is 2.00 bits per heavy atom. The van der Waals surface area contributed by atoms with Crippen LogP contribution in [0.4, 0.5) is 0 Å². The molecule has 0 radical (unpaired) electrons. The molecule has 1 aliphatic carbocycles. The van der Waals surface area contributed by atoms with Gasteiger partial charge >= 0.3 is 0 Å². The van der Waals surface area contributed by atoms with E-state index < -0.39 is 0 Å². The number of rotatable bonds is 6. The molecule has 2 fully saturated rings. The zero-order valence-corrected chi connectivity index (χ0v) is 11.3. The average molecular weight is 242 g/mol. The third kappa shape index (κ3) is 4.23. The zero-order valence-electron chi connectivity index (χ0n) is 11.3. The lowest BCUT2D eigenvalue weighted by Gasteiger charge is -2.25. The van der Waals surface area contributed by atoms with Gasteiger partial charge in [-0.3, -0.25) is 10.2 Å². The number of ether oxygens (including phenoxy) is 1. The van der Waals surface area contributed by atoms with Crippen LogP contribution >= 0.6 is 0 Å². The van der Waals surface area contributed by atoms with E-state index in [1.54, 1.807) is 0 Å². The Labute approximate surface area is 107 Å². The van der Waals surface area contributed by atoms with Gasteiger partial charge < -0.3 is 4.74 Å². The standard InChI is InChI=1S/C14H28N2O.H2/c1-2-16-10-6-9-14(16)11-17-12-15-13-7-4-3-5-8-13;/h13-15H,2-12H2,1H3;1H/t14-;/m0./s1. The van der Waals surface area contributed by atoms with E-state index in [0.717, 1.165) is 19.4 Å². The van der Waals surface area contributed by atoms with Crippen molar-refractivity contribution in [3.63, 3.8) is 0 Å². The first-order valence-corrected chi connectivity index (χ1v) is 7.45. The minimum atomic E-state index is 0. The minimum absolute atomic E-state index is 0. The third-order valence-electron chi connectivity index (χ3n) is 4.29. The Balaban J connectivity index is 0.00000162. The first kappa shape index (κ1) is 13.3. The highest BCUT2D eigenvalue weighted by molar-refractivity contribution is 4.77. The van der Waals surface area contributed by atoms with Crippen molar-refractivity contribution in [1.29, 1.82) is 0 Å². The SMILES string of the molecule is CCN1CCC[C@H]1COCNC1CCCCC1.[HH]. The molecule has 17 heavy (non-hydrogen) atoms. The summed E-state index contributed by atoms with van der Waals surface area (Å²) in [5.41, 5.74) is 0. The summed E-state index contributed by atoms with van der Waals surface area (Å²) >= 11 is 0. The lowest BCUT2D eigenvalue weighted by molar-refractivity contribution is 0.0596. The van der Waals surface area contributed by atoms with Crippen LogP contribution in [0.25, 0.3) is 0 Å². The lowest BCUT2D eigenvalue weighted by Crippen LogP contribution is -2.37. The van der Waals surface area contributed by atoms with Crippen LogP contribution in [-0.2, 0) is 4.74 Å². The molecule has 2 aliphatic rings. The van der Waals surface area contributed by atoms with Gasteiger partial charge in [0.15, 0.2) is 0 Å². The molecule has 0 bridgehead atoms. The zero-order chi connectivity index (χ0) is 11.9. The van der Waals surface area contributed by atoms with Crippen LogP contribution < -0.4 is 5.32 Å². The molecular formula is C14H30N2O. The van der Waals surface area contributed by atoms with Gasteiger partial charge in [0, 0.05) is 13.5 Å². The number of likely N-dealkylation sites (tertiary alicyclic amines) is 1. The van der Waals surface area contributed by atoms with Crippen LogP contribution in [0.3, 0.4) is 0 Å². The van der Waals surface area contributed by atoms with Gasteiger partial charge in [0.1, 0.15) is 0 Å². The molecule has 0 aromatic carbocycles. The van der Waals surface area contributed by atoms with Gasteiger partial charge in [0.25, 0.3) is 0 Å². The van der Waals surface area contributed by atoms with Crippen LogP contribution in [0.1, 0.15) is 53.3 Å². The second-order valence-electron chi connectivity index (χ2n) is 5.48. The molecule has 3 heteroatoms. The molecule has 3 nitrogen and oxygen atoms in total. The molecule has 1 N–H and O–H groups in total. The molecule has 0 unspecified atom stereocenters. The molecular weight excluding hydrogens is 212 g/mol. The van der Waals surface area contributed by atoms with Crippen molar-refractivity contribution in [1.82, 2.24) is 10.2 Å². The fourth-order valence-corrected chi connectivity index (χ4v) is 3.18. The number of hydrogen-bond donors (Lipinski definition) is 1. The summed E-state index contributed by atoms with van der Waals surface area (Å²) in [6, 6.07) is 1.39. The largest absolute Gasteiger partial charge is 0.365 e. The second kappa shape index (κ2) is 7.34. The van der Waals surface area contributed by atoms with E-state index in [1.165, 1.54) is 58.0 Å². The van der Waals surface area contributed by atoms with E-state index in [4.69, 9.17) is 4.74 Å². The maximum atomic E-state index is 5.80. The van der Waals surface area contributed by atoms with E-state index in [0.29, 0.717) is 6.04 Å². The monoisotopic (exact) mass is 242 g/mol. The Bertz CT molecular complexity index is 210. The van der Waals surface area contributed by atoms with Gasteiger partial charge in [-0.05, 0) is 38.8 Å². The third-order valence-corrected chi connectivity index (χ3v) is 4.29. The summed E-state index contributed by atoms with van der Waals surface area (Å²) < 4.78 is 5.80. The van der Waals surface area contributed by atoms with E-state index in [9.17, 15) is 0 Å². The van der Waals surface area contributed by atoms with Crippen molar-refractivity contribution in [3.8, 4) is 0 Å². The number of hydrogen-bond acceptors (Lipinski definition) is 3. The summed E-state index contributed by atoms with van der Waals surface area (Å²) in [6.45, 7) is 6.34. The molecule has 1 atom stereocenters. The fourth-order valence-electron chi connectivity index (χ4n) is 3.18. The lowest BCUT2D eigenvalue weighted by atomic mass is 9.96.